The number of nitro benzene ring substituents is 1. The first kappa shape index (κ1) is 17.3. The second-order valence-corrected chi connectivity index (χ2v) is 5.04. The molecule has 0 saturated heterocycles. The number of hydrogen-bond donors (Lipinski definition) is 0. The van der Waals surface area contributed by atoms with E-state index in [-0.39, 0.29) is 29.1 Å². The number of methoxy groups -OCH3 is 1. The number of rotatable bonds is 5. The number of non-ortho nitro benzene ring substituents is 1. The molecule has 8 heteroatoms. The molecular formula is C16H14F2N2O4. The van der Waals surface area contributed by atoms with Crippen LogP contribution in [0.25, 0.3) is 0 Å². The smallest absolute Gasteiger partial charge is 0.270 e. The average Bonchev–Trinajstić information content (AvgIpc) is 2.55. The molecule has 0 N–H and O–H groups in total. The standard InChI is InChI=1S/C16H14F2N2O4/c1-19(9-10-3-4-11(17)7-14(10)18)16(21)13-8-12(20(22)23)5-6-15(13)24-2/h3-8H,9H2,1-2H3. The number of nitro groups is 1. The fourth-order valence-corrected chi connectivity index (χ4v) is 2.16. The molecular weight excluding hydrogens is 322 g/mol. The molecule has 2 aromatic rings. The summed E-state index contributed by atoms with van der Waals surface area (Å²) < 4.78 is 31.7. The number of ether oxygens (including phenoxy) is 1. The zero-order chi connectivity index (χ0) is 17.9. The zero-order valence-corrected chi connectivity index (χ0v) is 13.0. The van der Waals surface area contributed by atoms with E-state index in [1.54, 1.807) is 0 Å². The van der Waals surface area contributed by atoms with Gasteiger partial charge in [0.1, 0.15) is 17.4 Å². The van der Waals surface area contributed by atoms with Crippen LogP contribution >= 0.6 is 0 Å². The zero-order valence-electron chi connectivity index (χ0n) is 13.0. The lowest BCUT2D eigenvalue weighted by molar-refractivity contribution is -0.384. The van der Waals surface area contributed by atoms with Gasteiger partial charge in [-0.2, -0.15) is 0 Å². The molecule has 2 aromatic carbocycles. The van der Waals surface area contributed by atoms with Crippen LogP contribution in [0.15, 0.2) is 36.4 Å². The van der Waals surface area contributed by atoms with Crippen molar-refractivity contribution in [2.45, 2.75) is 6.54 Å². The van der Waals surface area contributed by atoms with Gasteiger partial charge >= 0.3 is 0 Å². The summed E-state index contributed by atoms with van der Waals surface area (Å²) >= 11 is 0. The van der Waals surface area contributed by atoms with Crippen LogP contribution in [0, 0.1) is 21.7 Å². The van der Waals surface area contributed by atoms with Crippen LogP contribution in [0.3, 0.4) is 0 Å². The van der Waals surface area contributed by atoms with Gasteiger partial charge < -0.3 is 9.64 Å². The van der Waals surface area contributed by atoms with Crippen LogP contribution in [0.5, 0.6) is 5.75 Å². The van der Waals surface area contributed by atoms with Crippen LogP contribution in [0.2, 0.25) is 0 Å². The number of benzene rings is 2. The molecule has 0 saturated carbocycles. The van der Waals surface area contributed by atoms with Crippen molar-refractivity contribution in [1.82, 2.24) is 4.90 Å². The molecule has 0 spiro atoms. The van der Waals surface area contributed by atoms with Gasteiger partial charge in [0.25, 0.3) is 11.6 Å². The minimum Gasteiger partial charge on any atom is -0.496 e. The Balaban J connectivity index is 2.30. The van der Waals surface area contributed by atoms with Crippen molar-refractivity contribution in [3.63, 3.8) is 0 Å². The maximum absolute atomic E-state index is 13.7. The number of carbonyl (C=O) groups is 1. The summed E-state index contributed by atoms with van der Waals surface area (Å²) in [5, 5.41) is 10.9. The first-order valence-corrected chi connectivity index (χ1v) is 6.85. The fraction of sp³-hybridized carbons (Fsp3) is 0.188. The molecule has 0 heterocycles. The molecule has 0 aliphatic carbocycles. The van der Waals surface area contributed by atoms with Gasteiger partial charge in [-0.3, -0.25) is 14.9 Å². The lowest BCUT2D eigenvalue weighted by atomic mass is 10.1. The number of amides is 1. The Morgan fingerprint density at radius 1 is 1.25 bits per heavy atom. The van der Waals surface area contributed by atoms with Gasteiger partial charge in [0, 0.05) is 37.4 Å². The molecule has 0 unspecified atom stereocenters. The van der Waals surface area contributed by atoms with E-state index in [2.05, 4.69) is 0 Å². The molecule has 0 aromatic heterocycles. The minimum absolute atomic E-state index is 0.0169. The Morgan fingerprint density at radius 2 is 1.96 bits per heavy atom. The first-order chi connectivity index (χ1) is 11.3. The van der Waals surface area contributed by atoms with Gasteiger partial charge in [-0.1, -0.05) is 6.07 Å². The average molecular weight is 336 g/mol. The van der Waals surface area contributed by atoms with Crippen molar-refractivity contribution in [2.24, 2.45) is 0 Å². The highest BCUT2D eigenvalue weighted by molar-refractivity contribution is 5.97. The predicted octanol–water partition coefficient (Wildman–Crippen LogP) is 3.15. The predicted molar refractivity (Wildman–Crippen MR) is 81.8 cm³/mol. The van der Waals surface area contributed by atoms with Gasteiger partial charge in [0.2, 0.25) is 0 Å². The molecule has 0 radical (unpaired) electrons. The Kier molecular flexibility index (Phi) is 5.08. The summed E-state index contributed by atoms with van der Waals surface area (Å²) in [6.45, 7) is -0.128. The number of hydrogen-bond acceptors (Lipinski definition) is 4. The molecule has 24 heavy (non-hydrogen) atoms. The fourth-order valence-electron chi connectivity index (χ4n) is 2.16. The van der Waals surface area contributed by atoms with Gasteiger partial charge in [0.05, 0.1) is 17.6 Å². The summed E-state index contributed by atoms with van der Waals surface area (Å²) in [5.41, 5.74) is -0.158. The lowest BCUT2D eigenvalue weighted by Gasteiger charge is -2.19. The van der Waals surface area contributed by atoms with Gasteiger partial charge in [0.15, 0.2) is 0 Å². The van der Waals surface area contributed by atoms with E-state index in [9.17, 15) is 23.7 Å². The lowest BCUT2D eigenvalue weighted by Crippen LogP contribution is -2.27. The monoisotopic (exact) mass is 336 g/mol. The summed E-state index contributed by atoms with van der Waals surface area (Å²) in [6, 6.07) is 6.68. The summed E-state index contributed by atoms with van der Waals surface area (Å²) in [7, 11) is 2.74. The minimum atomic E-state index is -0.777. The molecule has 0 fully saturated rings. The van der Waals surface area contributed by atoms with E-state index in [4.69, 9.17) is 4.74 Å². The van der Waals surface area contributed by atoms with Crippen molar-refractivity contribution in [3.05, 3.63) is 69.3 Å². The van der Waals surface area contributed by atoms with Crippen molar-refractivity contribution in [2.75, 3.05) is 14.2 Å². The van der Waals surface area contributed by atoms with Gasteiger partial charge in [-0.15, -0.1) is 0 Å². The number of nitrogens with zero attached hydrogens (tertiary/aromatic N) is 2. The Morgan fingerprint density at radius 3 is 2.54 bits per heavy atom. The normalized spacial score (nSPS) is 10.3. The van der Waals surface area contributed by atoms with E-state index >= 15 is 0 Å². The summed E-state index contributed by atoms with van der Waals surface area (Å²) in [5.74, 6) is -1.91. The number of halogens is 2. The van der Waals surface area contributed by atoms with Crippen LogP contribution < -0.4 is 4.74 Å². The summed E-state index contributed by atoms with van der Waals surface area (Å²) in [4.78, 5) is 23.9. The van der Waals surface area contributed by atoms with Gasteiger partial charge in [-0.05, 0) is 12.1 Å². The largest absolute Gasteiger partial charge is 0.496 e. The third-order valence-electron chi connectivity index (χ3n) is 3.39. The molecule has 0 atom stereocenters. The molecule has 2 rings (SSSR count). The highest BCUT2D eigenvalue weighted by atomic mass is 19.1. The second kappa shape index (κ2) is 7.03. The van der Waals surface area contributed by atoms with Crippen LogP contribution in [-0.2, 0) is 6.54 Å². The Labute approximate surface area is 136 Å². The SMILES string of the molecule is COc1ccc([N+](=O)[O-])cc1C(=O)N(C)Cc1ccc(F)cc1F. The topological polar surface area (TPSA) is 72.7 Å². The Bertz CT molecular complexity index is 796. The maximum Gasteiger partial charge on any atom is 0.270 e. The van der Waals surface area contributed by atoms with Gasteiger partial charge in [-0.25, -0.2) is 8.78 Å². The molecule has 126 valence electrons. The van der Waals surface area contributed by atoms with E-state index in [0.29, 0.717) is 0 Å². The molecule has 0 aliphatic rings. The maximum atomic E-state index is 13.7. The first-order valence-electron chi connectivity index (χ1n) is 6.85. The van der Waals surface area contributed by atoms with E-state index in [1.165, 1.54) is 32.4 Å². The Hall–Kier alpha value is -3.03. The van der Waals surface area contributed by atoms with E-state index < -0.39 is 22.5 Å². The summed E-state index contributed by atoms with van der Waals surface area (Å²) in [6.07, 6.45) is 0. The van der Waals surface area contributed by atoms with Crippen LogP contribution in [-0.4, -0.2) is 29.9 Å². The van der Waals surface area contributed by atoms with Crippen molar-refractivity contribution in [1.29, 1.82) is 0 Å². The second-order valence-electron chi connectivity index (χ2n) is 5.04. The van der Waals surface area contributed by atoms with E-state index in [0.717, 1.165) is 23.1 Å². The van der Waals surface area contributed by atoms with Crippen LogP contribution in [0.4, 0.5) is 14.5 Å². The third kappa shape index (κ3) is 3.65. The quantitative estimate of drug-likeness (QED) is 0.621. The van der Waals surface area contributed by atoms with Crippen LogP contribution in [0.1, 0.15) is 15.9 Å². The molecule has 1 amide bonds. The van der Waals surface area contributed by atoms with Crippen molar-refractivity contribution < 1.29 is 23.2 Å². The molecule has 0 bridgehead atoms. The highest BCUT2D eigenvalue weighted by Crippen LogP contribution is 2.25. The van der Waals surface area contributed by atoms with Crippen molar-refractivity contribution in [3.8, 4) is 5.75 Å². The third-order valence-corrected chi connectivity index (χ3v) is 3.39. The molecule has 0 aliphatic heterocycles. The van der Waals surface area contributed by atoms with Crippen molar-refractivity contribution >= 4 is 11.6 Å². The highest BCUT2D eigenvalue weighted by Gasteiger charge is 2.21. The molecule has 6 nitrogen and oxygen atoms in total. The number of carbonyl (C=O) groups excluding carboxylic acids is 1. The van der Waals surface area contributed by atoms with E-state index in [1.807, 2.05) is 0 Å².